The number of nitrogens with one attached hydrogen (secondary N) is 3. The van der Waals surface area contributed by atoms with E-state index < -0.39 is 26.0 Å². The summed E-state index contributed by atoms with van der Waals surface area (Å²) < 4.78 is 51.8. The molecule has 0 atom stereocenters. The van der Waals surface area contributed by atoms with Crippen LogP contribution in [0.2, 0.25) is 5.02 Å². The van der Waals surface area contributed by atoms with Crippen molar-refractivity contribution < 1.29 is 21.6 Å². The van der Waals surface area contributed by atoms with Gasteiger partial charge in [-0.05, 0) is 47.8 Å². The Morgan fingerprint density at radius 2 is 1.55 bits per heavy atom. The number of anilines is 1. The van der Waals surface area contributed by atoms with Gasteiger partial charge in [-0.3, -0.25) is 14.9 Å². The molecule has 0 radical (unpaired) electrons. The molecule has 0 fully saturated rings. The minimum atomic E-state index is -4.04. The van der Waals surface area contributed by atoms with Gasteiger partial charge >= 0.3 is 0 Å². The smallest absolute Gasteiger partial charge is 0.271 e. The molecule has 0 spiro atoms. The van der Waals surface area contributed by atoms with E-state index in [0.717, 1.165) is 11.3 Å². The quantitative estimate of drug-likeness (QED) is 0.457. The van der Waals surface area contributed by atoms with Gasteiger partial charge in [0.05, 0.1) is 16.1 Å². The highest BCUT2D eigenvalue weighted by Gasteiger charge is 2.21. The van der Waals surface area contributed by atoms with Crippen LogP contribution >= 0.6 is 22.9 Å². The maximum atomic E-state index is 12.5. The van der Waals surface area contributed by atoms with Crippen molar-refractivity contribution in [3.63, 3.8) is 0 Å². The van der Waals surface area contributed by atoms with Crippen LogP contribution in [0.1, 0.15) is 10.4 Å². The van der Waals surface area contributed by atoms with E-state index in [4.69, 9.17) is 11.6 Å². The van der Waals surface area contributed by atoms with Crippen LogP contribution in [0.4, 0.5) is 5.69 Å². The van der Waals surface area contributed by atoms with Crippen molar-refractivity contribution in [1.29, 1.82) is 0 Å². The first kappa shape index (κ1) is 21.3. The number of sulfonamides is 2. The summed E-state index contributed by atoms with van der Waals surface area (Å²) in [5.74, 6) is -0.841. The highest BCUT2D eigenvalue weighted by molar-refractivity contribution is 7.94. The highest BCUT2D eigenvalue weighted by Crippen LogP contribution is 2.23. The van der Waals surface area contributed by atoms with Gasteiger partial charge in [-0.15, -0.1) is 16.2 Å². The van der Waals surface area contributed by atoms with E-state index in [0.29, 0.717) is 5.02 Å². The topological polar surface area (TPSA) is 121 Å². The Labute approximate surface area is 176 Å². The summed E-state index contributed by atoms with van der Waals surface area (Å²) in [6.07, 6.45) is 0. The van der Waals surface area contributed by atoms with E-state index in [2.05, 4.69) is 10.1 Å². The van der Waals surface area contributed by atoms with Crippen LogP contribution in [0.25, 0.3) is 0 Å². The van der Waals surface area contributed by atoms with Crippen molar-refractivity contribution in [2.75, 3.05) is 4.72 Å². The number of amides is 1. The summed E-state index contributed by atoms with van der Waals surface area (Å²) >= 11 is 6.76. The number of para-hydroxylation sites is 1. The lowest BCUT2D eigenvalue weighted by molar-refractivity contribution is 0.0946. The summed E-state index contributed by atoms with van der Waals surface area (Å²) in [5, 5.41) is 1.97. The van der Waals surface area contributed by atoms with Gasteiger partial charge in [0, 0.05) is 5.02 Å². The lowest BCUT2D eigenvalue weighted by Gasteiger charge is -2.13. The standard InChI is InChI=1S/C17H14ClN3O5S3/c18-12-7-9-13(10-8-12)28(23,24)21-19-17(22)14-4-1-2-5-15(14)20-29(25,26)16-6-3-11-27-16/h1-11,20-21H,(H,19,22). The Hall–Kier alpha value is -2.44. The Kier molecular flexibility index (Phi) is 6.24. The first-order valence-corrected chi connectivity index (χ1v) is 12.1. The first-order chi connectivity index (χ1) is 13.7. The second-order valence-corrected chi connectivity index (χ2v) is 10.6. The molecule has 1 aromatic heterocycles. The first-order valence-electron chi connectivity index (χ1n) is 7.92. The van der Waals surface area contributed by atoms with Crippen LogP contribution in [0.3, 0.4) is 0 Å². The molecule has 152 valence electrons. The van der Waals surface area contributed by atoms with E-state index in [9.17, 15) is 21.6 Å². The van der Waals surface area contributed by atoms with E-state index in [1.165, 1.54) is 48.5 Å². The number of carbonyl (C=O) groups excluding carboxylic acids is 1. The number of halogens is 1. The molecule has 0 unspecified atom stereocenters. The average molecular weight is 472 g/mol. The van der Waals surface area contributed by atoms with Crippen molar-refractivity contribution in [3.8, 4) is 0 Å². The van der Waals surface area contributed by atoms with Crippen LogP contribution in [0, 0.1) is 0 Å². The fourth-order valence-electron chi connectivity index (χ4n) is 2.24. The molecule has 2 aromatic carbocycles. The van der Waals surface area contributed by atoms with Crippen LogP contribution in [0.5, 0.6) is 0 Å². The van der Waals surface area contributed by atoms with Crippen LogP contribution in [-0.4, -0.2) is 22.7 Å². The normalized spacial score (nSPS) is 11.8. The van der Waals surface area contributed by atoms with Crippen LogP contribution < -0.4 is 15.0 Å². The molecule has 29 heavy (non-hydrogen) atoms. The molecule has 12 heteroatoms. The van der Waals surface area contributed by atoms with Crippen LogP contribution in [0.15, 0.2) is 75.1 Å². The largest absolute Gasteiger partial charge is 0.278 e. The summed E-state index contributed by atoms with van der Waals surface area (Å²) in [7, 11) is -7.92. The molecule has 0 saturated heterocycles. The zero-order valence-corrected chi connectivity index (χ0v) is 17.7. The number of hydrogen-bond donors (Lipinski definition) is 3. The molecule has 3 rings (SSSR count). The lowest BCUT2D eigenvalue weighted by Crippen LogP contribution is -2.41. The maximum Gasteiger partial charge on any atom is 0.271 e. The Balaban J connectivity index is 1.77. The zero-order valence-electron chi connectivity index (χ0n) is 14.5. The van der Waals surface area contributed by atoms with Gasteiger partial charge < -0.3 is 0 Å². The fraction of sp³-hybridized carbons (Fsp3) is 0. The van der Waals surface area contributed by atoms with Gasteiger partial charge in [0.25, 0.3) is 26.0 Å². The highest BCUT2D eigenvalue weighted by atomic mass is 35.5. The van der Waals surface area contributed by atoms with Gasteiger partial charge in [0.2, 0.25) is 0 Å². The predicted molar refractivity (Wildman–Crippen MR) is 111 cm³/mol. The molecule has 1 heterocycles. The second-order valence-electron chi connectivity index (χ2n) is 5.60. The van der Waals surface area contributed by atoms with Crippen molar-refractivity contribution in [2.24, 2.45) is 0 Å². The number of thiophene rings is 1. The molecular formula is C17H14ClN3O5S3. The second kappa shape index (κ2) is 8.51. The third kappa shape index (κ3) is 5.14. The number of hydrogen-bond acceptors (Lipinski definition) is 6. The molecule has 0 aliphatic rings. The molecule has 3 N–H and O–H groups in total. The molecule has 3 aromatic rings. The van der Waals surface area contributed by atoms with Gasteiger partial charge in [0.1, 0.15) is 4.21 Å². The van der Waals surface area contributed by atoms with E-state index in [1.807, 2.05) is 4.83 Å². The van der Waals surface area contributed by atoms with E-state index >= 15 is 0 Å². The van der Waals surface area contributed by atoms with Gasteiger partial charge in [-0.2, -0.15) is 0 Å². The summed E-state index contributed by atoms with van der Waals surface area (Å²) in [6, 6.07) is 14.2. The maximum absolute atomic E-state index is 12.5. The summed E-state index contributed by atoms with van der Waals surface area (Å²) in [5.41, 5.74) is 2.01. The number of rotatable bonds is 7. The average Bonchev–Trinajstić information content (AvgIpc) is 3.23. The SMILES string of the molecule is O=C(NNS(=O)(=O)c1ccc(Cl)cc1)c1ccccc1NS(=O)(=O)c1cccs1. The Bertz CT molecular complexity index is 1230. The van der Waals surface area contributed by atoms with E-state index in [1.54, 1.807) is 17.5 Å². The molecular weight excluding hydrogens is 458 g/mol. The van der Waals surface area contributed by atoms with Gasteiger partial charge in [0.15, 0.2) is 0 Å². The van der Waals surface area contributed by atoms with E-state index in [-0.39, 0.29) is 20.4 Å². The summed E-state index contributed by atoms with van der Waals surface area (Å²) in [4.78, 5) is 14.3. The van der Waals surface area contributed by atoms with Crippen molar-refractivity contribution in [2.45, 2.75) is 9.10 Å². The summed E-state index contributed by atoms with van der Waals surface area (Å²) in [6.45, 7) is 0. The van der Waals surface area contributed by atoms with Crippen molar-refractivity contribution in [1.82, 2.24) is 10.3 Å². The van der Waals surface area contributed by atoms with Crippen molar-refractivity contribution in [3.05, 3.63) is 76.6 Å². The third-order valence-corrected chi connectivity index (χ3v) is 7.88. The minimum Gasteiger partial charge on any atom is -0.278 e. The number of hydrazine groups is 1. The fourth-order valence-corrected chi connectivity index (χ4v) is 5.27. The Morgan fingerprint density at radius 1 is 0.862 bits per heavy atom. The Morgan fingerprint density at radius 3 is 2.21 bits per heavy atom. The monoisotopic (exact) mass is 471 g/mol. The van der Waals surface area contributed by atoms with Crippen molar-refractivity contribution >= 4 is 54.6 Å². The number of benzene rings is 2. The van der Waals surface area contributed by atoms with Gasteiger partial charge in [-0.25, -0.2) is 16.8 Å². The minimum absolute atomic E-state index is 0.00379. The number of carbonyl (C=O) groups is 1. The molecule has 0 bridgehead atoms. The van der Waals surface area contributed by atoms with Gasteiger partial charge in [-0.1, -0.05) is 29.8 Å². The predicted octanol–water partition coefficient (Wildman–Crippen LogP) is 2.83. The molecule has 0 aliphatic carbocycles. The molecule has 1 amide bonds. The molecule has 0 saturated carbocycles. The molecule has 8 nitrogen and oxygen atoms in total. The third-order valence-electron chi connectivity index (χ3n) is 3.60. The van der Waals surface area contributed by atoms with Crippen LogP contribution in [-0.2, 0) is 20.0 Å². The lowest BCUT2D eigenvalue weighted by atomic mass is 10.2. The molecule has 0 aliphatic heterocycles. The zero-order chi connectivity index (χ0) is 21.1.